The molecular formula is C16H16FNO2. The van der Waals surface area contributed by atoms with Crippen molar-refractivity contribution >= 4 is 5.91 Å². The summed E-state index contributed by atoms with van der Waals surface area (Å²) in [5.41, 5.74) is 1.43. The topological polar surface area (TPSA) is 49.3 Å². The van der Waals surface area contributed by atoms with Crippen molar-refractivity contribution in [2.24, 2.45) is 0 Å². The minimum atomic E-state index is -0.415. The molecule has 0 spiro atoms. The quantitative estimate of drug-likeness (QED) is 0.823. The number of phenolic OH excluding ortho intramolecular Hbond substituents is 1. The molecule has 0 radical (unpaired) electrons. The van der Waals surface area contributed by atoms with Crippen molar-refractivity contribution in [1.29, 1.82) is 0 Å². The molecule has 0 unspecified atom stereocenters. The van der Waals surface area contributed by atoms with E-state index >= 15 is 0 Å². The van der Waals surface area contributed by atoms with Crippen molar-refractivity contribution in [3.05, 3.63) is 65.5 Å². The lowest BCUT2D eigenvalue weighted by molar-refractivity contribution is 0.0953. The van der Waals surface area contributed by atoms with Crippen LogP contribution in [0.5, 0.6) is 5.75 Å². The minimum absolute atomic E-state index is 0.244. The van der Waals surface area contributed by atoms with Crippen LogP contribution in [-0.2, 0) is 6.42 Å². The molecule has 0 bridgehead atoms. The van der Waals surface area contributed by atoms with E-state index in [2.05, 4.69) is 5.32 Å². The fourth-order valence-electron chi connectivity index (χ4n) is 1.89. The van der Waals surface area contributed by atoms with Gasteiger partial charge in [-0.25, -0.2) is 4.39 Å². The highest BCUT2D eigenvalue weighted by Crippen LogP contribution is 2.10. The van der Waals surface area contributed by atoms with Gasteiger partial charge in [0.25, 0.3) is 5.91 Å². The van der Waals surface area contributed by atoms with Crippen molar-refractivity contribution in [2.75, 3.05) is 6.54 Å². The molecule has 0 aliphatic heterocycles. The summed E-state index contributed by atoms with van der Waals surface area (Å²) in [4.78, 5) is 11.7. The van der Waals surface area contributed by atoms with Crippen molar-refractivity contribution in [3.63, 3.8) is 0 Å². The highest BCUT2D eigenvalue weighted by Gasteiger charge is 2.05. The van der Waals surface area contributed by atoms with Crippen LogP contribution >= 0.6 is 0 Å². The maximum Gasteiger partial charge on any atom is 0.251 e. The number of nitrogens with one attached hydrogen (secondary N) is 1. The van der Waals surface area contributed by atoms with Gasteiger partial charge in [0, 0.05) is 12.1 Å². The Balaban J connectivity index is 1.76. The molecule has 3 nitrogen and oxygen atoms in total. The molecule has 0 aliphatic carbocycles. The zero-order valence-corrected chi connectivity index (χ0v) is 11.0. The van der Waals surface area contributed by atoms with Gasteiger partial charge in [-0.05, 0) is 48.7 Å². The average molecular weight is 273 g/mol. The van der Waals surface area contributed by atoms with Crippen LogP contribution in [0.3, 0.4) is 0 Å². The largest absolute Gasteiger partial charge is 0.508 e. The molecule has 0 heterocycles. The minimum Gasteiger partial charge on any atom is -0.508 e. The molecule has 0 atom stereocenters. The number of phenols is 1. The standard InChI is InChI=1S/C16H16FNO2/c17-14-5-1-4-13(11-14)16(20)18-10-2-3-12-6-8-15(19)9-7-12/h1,4-9,11,19H,2-3,10H2,(H,18,20). The van der Waals surface area contributed by atoms with Crippen LogP contribution in [0.25, 0.3) is 0 Å². The zero-order chi connectivity index (χ0) is 14.4. The van der Waals surface area contributed by atoms with Crippen LogP contribution in [0, 0.1) is 5.82 Å². The van der Waals surface area contributed by atoms with Crippen molar-refractivity contribution in [3.8, 4) is 5.75 Å². The zero-order valence-electron chi connectivity index (χ0n) is 11.0. The fourth-order valence-corrected chi connectivity index (χ4v) is 1.89. The lowest BCUT2D eigenvalue weighted by Crippen LogP contribution is -2.24. The maximum absolute atomic E-state index is 13.0. The summed E-state index contributed by atoms with van der Waals surface area (Å²) in [5.74, 6) is -0.440. The van der Waals surface area contributed by atoms with Gasteiger partial charge in [0.05, 0.1) is 0 Å². The Morgan fingerprint density at radius 1 is 1.15 bits per heavy atom. The number of hydrogen-bond donors (Lipinski definition) is 2. The first-order valence-electron chi connectivity index (χ1n) is 6.47. The number of aromatic hydroxyl groups is 1. The first-order chi connectivity index (χ1) is 9.65. The van der Waals surface area contributed by atoms with E-state index in [0.717, 1.165) is 18.4 Å². The van der Waals surface area contributed by atoms with Crippen molar-refractivity contribution in [1.82, 2.24) is 5.32 Å². The highest BCUT2D eigenvalue weighted by molar-refractivity contribution is 5.94. The molecule has 4 heteroatoms. The second-order valence-corrected chi connectivity index (χ2v) is 4.54. The molecule has 2 aromatic rings. The summed E-state index contributed by atoms with van der Waals surface area (Å²) < 4.78 is 13.0. The number of hydrogen-bond acceptors (Lipinski definition) is 2. The van der Waals surface area contributed by atoms with E-state index < -0.39 is 5.82 Å². The van der Waals surface area contributed by atoms with Gasteiger partial charge in [-0.15, -0.1) is 0 Å². The Hall–Kier alpha value is -2.36. The van der Waals surface area contributed by atoms with E-state index in [4.69, 9.17) is 5.11 Å². The summed E-state index contributed by atoms with van der Waals surface area (Å²) in [5, 5.41) is 11.9. The van der Waals surface area contributed by atoms with E-state index in [1.807, 2.05) is 12.1 Å². The summed E-state index contributed by atoms with van der Waals surface area (Å²) in [6.45, 7) is 0.524. The van der Waals surface area contributed by atoms with Crippen LogP contribution in [0.2, 0.25) is 0 Å². The van der Waals surface area contributed by atoms with Gasteiger partial charge in [0.1, 0.15) is 11.6 Å². The molecule has 2 N–H and O–H groups in total. The molecule has 2 rings (SSSR count). The van der Waals surface area contributed by atoms with Gasteiger partial charge in [0.15, 0.2) is 0 Å². The Bertz CT molecular complexity index is 581. The highest BCUT2D eigenvalue weighted by atomic mass is 19.1. The van der Waals surface area contributed by atoms with Crippen molar-refractivity contribution in [2.45, 2.75) is 12.8 Å². The third kappa shape index (κ3) is 4.09. The van der Waals surface area contributed by atoms with E-state index in [-0.39, 0.29) is 11.7 Å². The Morgan fingerprint density at radius 2 is 1.90 bits per heavy atom. The number of aryl methyl sites for hydroxylation is 1. The number of rotatable bonds is 5. The second kappa shape index (κ2) is 6.70. The first kappa shape index (κ1) is 14.1. The summed E-state index contributed by atoms with van der Waals surface area (Å²) in [7, 11) is 0. The Morgan fingerprint density at radius 3 is 2.60 bits per heavy atom. The number of carbonyl (C=O) groups excluding carboxylic acids is 1. The van der Waals surface area contributed by atoms with Crippen LogP contribution in [0.1, 0.15) is 22.3 Å². The van der Waals surface area contributed by atoms with Crippen LogP contribution in [0.15, 0.2) is 48.5 Å². The molecular weight excluding hydrogens is 257 g/mol. The van der Waals surface area contributed by atoms with Gasteiger partial charge in [0.2, 0.25) is 0 Å². The van der Waals surface area contributed by atoms with Gasteiger partial charge < -0.3 is 10.4 Å². The molecule has 0 aliphatic rings. The van der Waals surface area contributed by atoms with E-state index in [1.165, 1.54) is 18.2 Å². The van der Waals surface area contributed by atoms with Gasteiger partial charge in [-0.3, -0.25) is 4.79 Å². The monoisotopic (exact) mass is 273 g/mol. The Kier molecular flexibility index (Phi) is 4.71. The molecule has 20 heavy (non-hydrogen) atoms. The number of amides is 1. The van der Waals surface area contributed by atoms with Gasteiger partial charge >= 0.3 is 0 Å². The van der Waals surface area contributed by atoms with E-state index in [9.17, 15) is 9.18 Å². The van der Waals surface area contributed by atoms with Crippen LogP contribution in [-0.4, -0.2) is 17.6 Å². The second-order valence-electron chi connectivity index (χ2n) is 4.54. The molecule has 0 saturated heterocycles. The normalized spacial score (nSPS) is 10.2. The number of benzene rings is 2. The predicted octanol–water partition coefficient (Wildman–Crippen LogP) is 2.89. The van der Waals surface area contributed by atoms with E-state index in [1.54, 1.807) is 18.2 Å². The average Bonchev–Trinajstić information content (AvgIpc) is 2.45. The third-order valence-corrected chi connectivity index (χ3v) is 2.95. The first-order valence-corrected chi connectivity index (χ1v) is 6.47. The number of carbonyl (C=O) groups is 1. The molecule has 104 valence electrons. The van der Waals surface area contributed by atoms with Crippen LogP contribution < -0.4 is 5.32 Å². The Labute approximate surface area is 117 Å². The van der Waals surface area contributed by atoms with Crippen molar-refractivity contribution < 1.29 is 14.3 Å². The molecule has 0 saturated carbocycles. The lowest BCUT2D eigenvalue weighted by atomic mass is 10.1. The SMILES string of the molecule is O=C(NCCCc1ccc(O)cc1)c1cccc(F)c1. The van der Waals surface area contributed by atoms with E-state index in [0.29, 0.717) is 12.1 Å². The molecule has 0 fully saturated rings. The summed E-state index contributed by atoms with van der Waals surface area (Å²) in [6, 6.07) is 12.6. The number of halogens is 1. The molecule has 0 aromatic heterocycles. The summed E-state index contributed by atoms with van der Waals surface area (Å²) in [6.07, 6.45) is 1.59. The van der Waals surface area contributed by atoms with Crippen LogP contribution in [0.4, 0.5) is 4.39 Å². The molecule has 1 amide bonds. The predicted molar refractivity (Wildman–Crippen MR) is 75.2 cm³/mol. The third-order valence-electron chi connectivity index (χ3n) is 2.95. The fraction of sp³-hybridized carbons (Fsp3) is 0.188. The summed E-state index contributed by atoms with van der Waals surface area (Å²) >= 11 is 0. The molecule has 2 aromatic carbocycles. The lowest BCUT2D eigenvalue weighted by Gasteiger charge is -2.05. The smallest absolute Gasteiger partial charge is 0.251 e. The van der Waals surface area contributed by atoms with Gasteiger partial charge in [-0.1, -0.05) is 18.2 Å². The maximum atomic E-state index is 13.0. The van der Waals surface area contributed by atoms with Gasteiger partial charge in [-0.2, -0.15) is 0 Å².